The van der Waals surface area contributed by atoms with E-state index in [1.807, 2.05) is 95.3 Å². The summed E-state index contributed by atoms with van der Waals surface area (Å²) in [5, 5.41) is 18.6. The van der Waals surface area contributed by atoms with Crippen LogP contribution in [-0.2, 0) is 30.1 Å². The number of hydrogen-bond acceptors (Lipinski definition) is 10. The maximum atomic E-state index is 14.0. The molecule has 2 aliphatic rings. The predicted octanol–water partition coefficient (Wildman–Crippen LogP) is 9.73. The normalized spacial score (nSPS) is 16.6. The highest BCUT2D eigenvalue weighted by Crippen LogP contribution is 2.40. The number of amides is 4. The number of thiocarbonyl (C=S) groups is 1. The Labute approximate surface area is 422 Å². The largest absolute Gasteiger partial charge is 0.443 e. The number of anilines is 3. The van der Waals surface area contributed by atoms with Gasteiger partial charge in [0.2, 0.25) is 17.7 Å². The van der Waals surface area contributed by atoms with Crippen LogP contribution < -0.4 is 25.8 Å². The fourth-order valence-electron chi connectivity index (χ4n) is 8.98. The van der Waals surface area contributed by atoms with E-state index in [1.165, 1.54) is 12.5 Å². The first kappa shape index (κ1) is 52.7. The van der Waals surface area contributed by atoms with Gasteiger partial charge in [0.25, 0.3) is 5.91 Å². The third-order valence-electron chi connectivity index (χ3n) is 13.0. The van der Waals surface area contributed by atoms with E-state index in [-0.39, 0.29) is 35.3 Å². The van der Waals surface area contributed by atoms with Crippen molar-refractivity contribution < 1.29 is 41.5 Å². The van der Waals surface area contributed by atoms with Crippen molar-refractivity contribution >= 4 is 58.0 Å². The van der Waals surface area contributed by atoms with Gasteiger partial charge in [-0.2, -0.15) is 18.4 Å². The number of hydrogen-bond donors (Lipinski definition) is 3. The zero-order valence-electron chi connectivity index (χ0n) is 41.4. The summed E-state index contributed by atoms with van der Waals surface area (Å²) >= 11 is 5.68. The number of aromatic nitrogens is 1. The SMILES string of the molecule is Cc1ncoc1-c1ccc([C@H](C)NC(=O)[C@@H]2CCCN2C(=O)C(NC(=O)COCCCCNc2ccc(-c3ccc(N4C(=S)N(c5ccc(C#N)c(C(F)(F)F)c5)C(=O)C4(C)C)cc3)cc2)C(C)(C)C)cc1. The third kappa shape index (κ3) is 11.6. The number of unbranched alkanes of at least 4 members (excludes halogenated alkanes) is 1. The maximum Gasteiger partial charge on any atom is 0.417 e. The second-order valence-corrected chi connectivity index (χ2v) is 20.0. The van der Waals surface area contributed by atoms with E-state index in [9.17, 15) is 37.6 Å². The van der Waals surface area contributed by atoms with Crippen molar-refractivity contribution in [2.45, 2.75) is 104 Å². The molecule has 1 aromatic heterocycles. The van der Waals surface area contributed by atoms with Crippen LogP contribution in [-0.4, -0.2) is 82.6 Å². The van der Waals surface area contributed by atoms with Crippen molar-refractivity contribution in [2.75, 3.05) is 41.4 Å². The van der Waals surface area contributed by atoms with Crippen LogP contribution in [0, 0.1) is 23.7 Å². The number of alkyl halides is 3. The van der Waals surface area contributed by atoms with E-state index in [4.69, 9.17) is 21.4 Å². The molecule has 7 rings (SSSR count). The average Bonchev–Trinajstić information content (AvgIpc) is 4.06. The topological polar surface area (TPSA) is 173 Å². The minimum Gasteiger partial charge on any atom is -0.443 e. The van der Waals surface area contributed by atoms with Crippen LogP contribution in [0.5, 0.6) is 0 Å². The minimum atomic E-state index is -4.80. The van der Waals surface area contributed by atoms with Gasteiger partial charge in [-0.05, 0) is 130 Å². The molecule has 4 aromatic carbocycles. The standard InChI is InChI=1S/C54H59F3N8O6S/c1-33(35-12-14-38(15-13-35)46-34(2)60-32-71-46)61-48(67)44-11-10-27-63(44)49(68)47(52(3,4)5)62-45(66)31-70-28-9-8-26-59-40-21-16-36(17-22-40)37-18-23-41(24-19-37)65-51(72)64(50(69)53(65,6)7)42-25-20-39(30-58)43(29-42)54(55,56)57/h12-25,29,32-33,44,47,59H,8-11,26-28,31H2,1-7H3,(H,61,67)(H,62,66)/t33-,44-,47?/m0/s1. The molecule has 72 heavy (non-hydrogen) atoms. The molecule has 14 nitrogen and oxygen atoms in total. The number of nitrogens with one attached hydrogen (secondary N) is 3. The molecule has 0 saturated carbocycles. The number of rotatable bonds is 17. The molecule has 0 radical (unpaired) electrons. The molecule has 0 spiro atoms. The third-order valence-corrected chi connectivity index (χ3v) is 13.4. The monoisotopic (exact) mass is 1000 g/mol. The molecule has 1 unspecified atom stereocenters. The molecule has 18 heteroatoms. The van der Waals surface area contributed by atoms with Gasteiger partial charge in [-0.15, -0.1) is 0 Å². The van der Waals surface area contributed by atoms with Crippen molar-refractivity contribution in [1.29, 1.82) is 5.26 Å². The van der Waals surface area contributed by atoms with E-state index in [0.717, 1.165) is 57.1 Å². The van der Waals surface area contributed by atoms with Gasteiger partial charge < -0.3 is 34.9 Å². The molecular formula is C54H59F3N8O6S. The summed E-state index contributed by atoms with van der Waals surface area (Å²) < 4.78 is 52.5. The van der Waals surface area contributed by atoms with Crippen molar-refractivity contribution in [3.05, 3.63) is 120 Å². The summed E-state index contributed by atoms with van der Waals surface area (Å²) in [6, 6.07) is 25.8. The van der Waals surface area contributed by atoms with Crippen LogP contribution in [0.15, 0.2) is 102 Å². The molecule has 378 valence electrons. The number of aryl methyl sites for hydroxylation is 1. The number of ether oxygens (including phenoxy) is 1. The second kappa shape index (κ2) is 21.7. The highest BCUT2D eigenvalue weighted by Gasteiger charge is 2.51. The Hall–Kier alpha value is -7.10. The smallest absolute Gasteiger partial charge is 0.417 e. The van der Waals surface area contributed by atoms with Gasteiger partial charge in [0.05, 0.1) is 34.6 Å². The zero-order valence-corrected chi connectivity index (χ0v) is 42.2. The van der Waals surface area contributed by atoms with Crippen LogP contribution in [0.4, 0.5) is 30.2 Å². The zero-order chi connectivity index (χ0) is 52.1. The molecule has 4 amide bonds. The van der Waals surface area contributed by atoms with Gasteiger partial charge in [0.1, 0.15) is 24.2 Å². The second-order valence-electron chi connectivity index (χ2n) is 19.6. The number of carbonyl (C=O) groups is 4. The highest BCUT2D eigenvalue weighted by molar-refractivity contribution is 7.81. The number of oxazole rings is 1. The quantitative estimate of drug-likeness (QED) is 0.0598. The predicted molar refractivity (Wildman–Crippen MR) is 273 cm³/mol. The van der Waals surface area contributed by atoms with E-state index in [2.05, 4.69) is 20.9 Å². The number of likely N-dealkylation sites (tertiary alicyclic amines) is 1. The maximum absolute atomic E-state index is 14.0. The summed E-state index contributed by atoms with van der Waals surface area (Å²) in [6.07, 6.45) is -0.750. The Kier molecular flexibility index (Phi) is 15.9. The summed E-state index contributed by atoms with van der Waals surface area (Å²) in [4.78, 5) is 62.8. The molecule has 0 aliphatic carbocycles. The van der Waals surface area contributed by atoms with E-state index < -0.39 is 52.2 Å². The van der Waals surface area contributed by atoms with Crippen molar-refractivity contribution in [2.24, 2.45) is 5.41 Å². The van der Waals surface area contributed by atoms with Crippen LogP contribution in [0.1, 0.15) is 95.7 Å². The summed E-state index contributed by atoms with van der Waals surface area (Å²) in [5.41, 5.74) is 2.27. The van der Waals surface area contributed by atoms with E-state index in [1.54, 1.807) is 41.8 Å². The number of nitriles is 1. The molecule has 3 heterocycles. The van der Waals surface area contributed by atoms with Gasteiger partial charge in [0.15, 0.2) is 17.3 Å². The lowest BCUT2D eigenvalue weighted by molar-refractivity contribution is -0.144. The van der Waals surface area contributed by atoms with Crippen LogP contribution >= 0.6 is 12.2 Å². The fraction of sp³-hybridized carbons (Fsp3) is 0.389. The lowest BCUT2D eigenvalue weighted by Gasteiger charge is -2.35. The van der Waals surface area contributed by atoms with Crippen LogP contribution in [0.25, 0.3) is 22.5 Å². The van der Waals surface area contributed by atoms with Gasteiger partial charge in [-0.3, -0.25) is 24.1 Å². The van der Waals surface area contributed by atoms with Gasteiger partial charge in [-0.1, -0.05) is 69.3 Å². The molecule has 5 aromatic rings. The van der Waals surface area contributed by atoms with Gasteiger partial charge in [0, 0.05) is 36.6 Å². The summed E-state index contributed by atoms with van der Waals surface area (Å²) in [5.74, 6) is -0.771. The first-order valence-corrected chi connectivity index (χ1v) is 24.2. The molecule has 2 saturated heterocycles. The Bertz CT molecular complexity index is 2840. The van der Waals surface area contributed by atoms with Crippen molar-refractivity contribution in [1.82, 2.24) is 20.5 Å². The summed E-state index contributed by atoms with van der Waals surface area (Å²) in [7, 11) is 0. The molecule has 2 aliphatic heterocycles. The molecular weight excluding hydrogens is 946 g/mol. The van der Waals surface area contributed by atoms with Crippen LogP contribution in [0.3, 0.4) is 0 Å². The first-order chi connectivity index (χ1) is 34.1. The average molecular weight is 1010 g/mol. The Morgan fingerprint density at radius 2 is 1.57 bits per heavy atom. The van der Waals surface area contributed by atoms with Crippen molar-refractivity contribution in [3.8, 4) is 28.5 Å². The Morgan fingerprint density at radius 3 is 2.18 bits per heavy atom. The molecule has 2 fully saturated rings. The van der Waals surface area contributed by atoms with E-state index in [0.29, 0.717) is 50.4 Å². The summed E-state index contributed by atoms with van der Waals surface area (Å²) in [6.45, 7) is 13.9. The Balaban J connectivity index is 0.839. The number of halogens is 3. The highest BCUT2D eigenvalue weighted by atomic mass is 32.1. The number of carbonyl (C=O) groups excluding carboxylic acids is 4. The lowest BCUT2D eigenvalue weighted by atomic mass is 9.85. The molecule has 3 atom stereocenters. The number of benzene rings is 4. The van der Waals surface area contributed by atoms with Crippen LogP contribution in [0.2, 0.25) is 0 Å². The lowest BCUT2D eigenvalue weighted by Crippen LogP contribution is -2.58. The first-order valence-electron chi connectivity index (χ1n) is 23.8. The van der Waals surface area contributed by atoms with Gasteiger partial charge >= 0.3 is 6.18 Å². The van der Waals surface area contributed by atoms with Gasteiger partial charge in [-0.25, -0.2) is 4.98 Å². The Morgan fingerprint density at radius 1 is 0.931 bits per heavy atom. The fourth-order valence-corrected chi connectivity index (χ4v) is 9.51. The molecule has 3 N–H and O–H groups in total. The van der Waals surface area contributed by atoms with Crippen molar-refractivity contribution in [3.63, 3.8) is 0 Å². The van der Waals surface area contributed by atoms with E-state index >= 15 is 0 Å². The minimum absolute atomic E-state index is 0.0160. The number of nitrogens with zero attached hydrogens (tertiary/aromatic N) is 5. The molecule has 0 bridgehead atoms.